The molecule has 0 spiro atoms. The van der Waals surface area contributed by atoms with Crippen molar-refractivity contribution in [3.05, 3.63) is 106 Å². The number of rotatable bonds is 22. The van der Waals surface area contributed by atoms with Crippen LogP contribution in [0.5, 0.6) is 23.0 Å². The van der Waals surface area contributed by atoms with Crippen LogP contribution >= 0.6 is 23.2 Å². The zero-order valence-corrected chi connectivity index (χ0v) is 48.0. The third-order valence-corrected chi connectivity index (χ3v) is 16.7. The molecule has 0 bridgehead atoms. The molecule has 2 saturated heterocycles. The monoisotopic (exact) mass is 1160 g/mol. The van der Waals surface area contributed by atoms with Crippen LogP contribution in [0.4, 0.5) is 0 Å². The Bertz CT molecular complexity index is 2890. The van der Waals surface area contributed by atoms with E-state index in [0.29, 0.717) is 82.5 Å². The molecule has 6 atom stereocenters. The van der Waals surface area contributed by atoms with Gasteiger partial charge in [-0.3, -0.25) is 9.13 Å². The van der Waals surface area contributed by atoms with Gasteiger partial charge in [-0.2, -0.15) is 0 Å². The van der Waals surface area contributed by atoms with Crippen molar-refractivity contribution in [3.8, 4) is 34.4 Å². The van der Waals surface area contributed by atoms with Gasteiger partial charge in [0.15, 0.2) is 54.6 Å². The van der Waals surface area contributed by atoms with Gasteiger partial charge < -0.3 is 47.4 Å². The van der Waals surface area contributed by atoms with E-state index in [1.807, 2.05) is 27.7 Å². The first kappa shape index (κ1) is 60.0. The van der Waals surface area contributed by atoms with Crippen molar-refractivity contribution < 1.29 is 64.2 Å². The maximum atomic E-state index is 13.9. The number of benzene rings is 2. The minimum Gasteiger partial charge on any atom is -0.494 e. The first-order valence-electron chi connectivity index (χ1n) is 24.7. The van der Waals surface area contributed by atoms with E-state index in [2.05, 4.69) is 40.3 Å². The second-order valence-corrected chi connectivity index (χ2v) is 23.9. The summed E-state index contributed by atoms with van der Waals surface area (Å²) < 4.78 is 116. The van der Waals surface area contributed by atoms with Gasteiger partial charge in [-0.1, -0.05) is 35.3 Å². The molecular weight excluding hydrogens is 1100 g/mol. The van der Waals surface area contributed by atoms with E-state index in [0.717, 1.165) is 0 Å². The lowest BCUT2D eigenvalue weighted by Crippen LogP contribution is -2.32. The molecule has 0 amide bonds. The van der Waals surface area contributed by atoms with Crippen molar-refractivity contribution in [1.29, 1.82) is 0 Å². The molecular formula is C50H64Cl2N10O14S2. The molecule has 0 unspecified atom stereocenters. The standard InChI is InChI=1S/2C25H32ClN5O7S/c2*1-15(2)38-23(24-27-11-17(26)12-28-24)16(3)39(32,33)14-21-29-30-25(20-13-36-9-10-37-20)31(21)22-18(34-4)7-6-8-19(22)35-5/h2*6-8,11-12,15-16,20,23H,9-10,13-14H2,1-5H3/t16-,20+,23+;16-,20-,23+/m00/s1. The second-order valence-electron chi connectivity index (χ2n) is 18.3. The smallest absolute Gasteiger partial charge is 0.169 e. The molecule has 6 aromatic rings. The van der Waals surface area contributed by atoms with Gasteiger partial charge in [-0.15, -0.1) is 20.4 Å². The second kappa shape index (κ2) is 27.0. The molecule has 424 valence electrons. The van der Waals surface area contributed by atoms with Gasteiger partial charge in [-0.25, -0.2) is 36.8 Å². The topological polar surface area (TPSA) is 274 Å². The van der Waals surface area contributed by atoms with Crippen LogP contribution in [0.1, 0.15) is 101 Å². The number of nitrogens with zero attached hydrogens (tertiary/aromatic N) is 10. The number of sulfone groups is 2. The lowest BCUT2D eigenvalue weighted by atomic mass is 10.2. The van der Waals surface area contributed by atoms with E-state index in [1.54, 1.807) is 59.4 Å². The summed E-state index contributed by atoms with van der Waals surface area (Å²) in [4.78, 5) is 16.9. The normalized spacial score (nSPS) is 17.7. The molecule has 2 aromatic carbocycles. The van der Waals surface area contributed by atoms with Crippen LogP contribution in [0.15, 0.2) is 61.2 Å². The highest BCUT2D eigenvalue weighted by atomic mass is 35.5. The molecule has 0 saturated carbocycles. The fourth-order valence-electron chi connectivity index (χ4n) is 8.42. The molecule has 0 N–H and O–H groups in total. The molecule has 0 aliphatic carbocycles. The molecule has 24 nitrogen and oxygen atoms in total. The fraction of sp³-hybridized carbons (Fsp3) is 0.520. The Morgan fingerprint density at radius 1 is 0.538 bits per heavy atom. The molecule has 28 heteroatoms. The zero-order chi connectivity index (χ0) is 56.3. The highest BCUT2D eigenvalue weighted by molar-refractivity contribution is 7.91. The van der Waals surface area contributed by atoms with Gasteiger partial charge in [0.25, 0.3) is 0 Å². The van der Waals surface area contributed by atoms with Crippen LogP contribution in [0.3, 0.4) is 0 Å². The summed E-state index contributed by atoms with van der Waals surface area (Å²) in [5, 5.41) is 15.8. The predicted molar refractivity (Wildman–Crippen MR) is 284 cm³/mol. The van der Waals surface area contributed by atoms with Crippen LogP contribution in [0, 0.1) is 0 Å². The van der Waals surface area contributed by atoms with Gasteiger partial charge in [-0.05, 0) is 65.8 Å². The average Bonchev–Trinajstić information content (AvgIpc) is 4.04. The Morgan fingerprint density at radius 2 is 0.872 bits per heavy atom. The van der Waals surface area contributed by atoms with E-state index >= 15 is 0 Å². The third kappa shape index (κ3) is 14.2. The zero-order valence-electron chi connectivity index (χ0n) is 44.8. The lowest BCUT2D eigenvalue weighted by molar-refractivity contribution is -0.0942. The van der Waals surface area contributed by atoms with Crippen LogP contribution in [-0.2, 0) is 59.6 Å². The van der Waals surface area contributed by atoms with Gasteiger partial charge in [0.1, 0.15) is 70.3 Å². The number of para-hydroxylation sites is 2. The van der Waals surface area contributed by atoms with Crippen molar-refractivity contribution >= 4 is 42.9 Å². The van der Waals surface area contributed by atoms with E-state index < -0.39 is 66.1 Å². The molecule has 2 aliphatic heterocycles. The van der Waals surface area contributed by atoms with Crippen LogP contribution < -0.4 is 18.9 Å². The minimum atomic E-state index is -3.92. The van der Waals surface area contributed by atoms with E-state index in [4.69, 9.17) is 70.6 Å². The number of hydrogen-bond donors (Lipinski definition) is 0. The Labute approximate surface area is 463 Å². The highest BCUT2D eigenvalue weighted by Crippen LogP contribution is 2.39. The van der Waals surface area contributed by atoms with Gasteiger partial charge in [0, 0.05) is 24.8 Å². The van der Waals surface area contributed by atoms with E-state index in [-0.39, 0.29) is 48.7 Å². The summed E-state index contributed by atoms with van der Waals surface area (Å²) in [6.45, 7) is 12.5. The SMILES string of the molecule is COc1cccc(OC)c1-n1c(CS(=O)(=O)[C@@H](C)[C@@H](OC(C)C)c2ncc(Cl)cn2)nnc1[C@@H]1COCCO1.COc1cccc(OC)c1-n1c(CS(=O)(=O)[C@@H](C)[C@@H](OC(C)C)c2ncc(Cl)cn2)nnc1[C@H]1COCCO1. The molecule has 2 fully saturated rings. The van der Waals surface area contributed by atoms with Crippen LogP contribution in [0.25, 0.3) is 11.4 Å². The Morgan fingerprint density at radius 3 is 1.15 bits per heavy atom. The Kier molecular flexibility index (Phi) is 20.7. The van der Waals surface area contributed by atoms with Gasteiger partial charge in [0.2, 0.25) is 0 Å². The van der Waals surface area contributed by atoms with Crippen molar-refractivity contribution in [1.82, 2.24) is 49.5 Å². The largest absolute Gasteiger partial charge is 0.494 e. The Balaban J connectivity index is 0.000000226. The molecule has 6 heterocycles. The number of ether oxygens (including phenoxy) is 10. The van der Waals surface area contributed by atoms with E-state index in [1.165, 1.54) is 53.2 Å². The molecule has 4 aromatic heterocycles. The number of aromatic nitrogens is 10. The Hall–Kier alpha value is -5.68. The van der Waals surface area contributed by atoms with Crippen molar-refractivity contribution in [2.75, 3.05) is 68.1 Å². The maximum Gasteiger partial charge on any atom is 0.169 e. The summed E-state index contributed by atoms with van der Waals surface area (Å²) in [6, 6.07) is 10.5. The number of halogens is 2. The number of methoxy groups -OCH3 is 4. The summed E-state index contributed by atoms with van der Waals surface area (Å²) in [6.07, 6.45) is 2.01. The number of hydrogen-bond acceptors (Lipinski definition) is 22. The first-order chi connectivity index (χ1) is 37.3. The first-order valence-corrected chi connectivity index (χ1v) is 28.9. The molecule has 8 rings (SSSR count). The summed E-state index contributed by atoms with van der Waals surface area (Å²) in [5.41, 5.74) is 0.899. The molecule has 2 aliphatic rings. The summed E-state index contributed by atoms with van der Waals surface area (Å²) in [7, 11) is -1.78. The molecule has 78 heavy (non-hydrogen) atoms. The third-order valence-electron chi connectivity index (χ3n) is 12.2. The molecule has 0 radical (unpaired) electrons. The quantitative estimate of drug-likeness (QED) is 0.0695. The van der Waals surface area contributed by atoms with Crippen LogP contribution in [0.2, 0.25) is 10.0 Å². The summed E-state index contributed by atoms with van der Waals surface area (Å²) >= 11 is 11.9. The van der Waals surface area contributed by atoms with Gasteiger partial charge in [0.05, 0.1) is 101 Å². The summed E-state index contributed by atoms with van der Waals surface area (Å²) in [5.74, 6) is 2.27. The van der Waals surface area contributed by atoms with Crippen LogP contribution in [-0.4, -0.2) is 157 Å². The minimum absolute atomic E-state index is 0.147. The van der Waals surface area contributed by atoms with Gasteiger partial charge >= 0.3 is 0 Å². The van der Waals surface area contributed by atoms with Crippen molar-refractivity contribution in [2.45, 2.75) is 100 Å². The fourth-order valence-corrected chi connectivity index (χ4v) is 11.4. The van der Waals surface area contributed by atoms with Crippen molar-refractivity contribution in [3.63, 3.8) is 0 Å². The highest BCUT2D eigenvalue weighted by Gasteiger charge is 2.39. The van der Waals surface area contributed by atoms with E-state index in [9.17, 15) is 16.8 Å². The predicted octanol–water partition coefficient (Wildman–Crippen LogP) is 6.57. The maximum absolute atomic E-state index is 13.9. The average molecular weight is 1160 g/mol. The van der Waals surface area contributed by atoms with Crippen molar-refractivity contribution in [2.24, 2.45) is 0 Å². The lowest BCUT2D eigenvalue weighted by Gasteiger charge is -2.26.